The molecule has 0 bridgehead atoms. The third-order valence-corrected chi connectivity index (χ3v) is 7.05. The van der Waals surface area contributed by atoms with Gasteiger partial charge in [0.1, 0.15) is 5.37 Å². The smallest absolute Gasteiger partial charge is 0.423 e. The second kappa shape index (κ2) is 7.15. The first kappa shape index (κ1) is 16.8. The van der Waals surface area contributed by atoms with Crippen LogP contribution >= 0.6 is 11.8 Å². The van der Waals surface area contributed by atoms with Gasteiger partial charge in [-0.2, -0.15) is 11.8 Å². The molecule has 1 aliphatic heterocycles. The second-order valence-corrected chi connectivity index (χ2v) is 8.62. The molecule has 2 N–H and O–H groups in total. The van der Waals surface area contributed by atoms with E-state index >= 15 is 0 Å². The van der Waals surface area contributed by atoms with Gasteiger partial charge in [-0.05, 0) is 11.0 Å². The Balaban J connectivity index is 2.24. The molecule has 0 saturated carbocycles. The van der Waals surface area contributed by atoms with Crippen LogP contribution in [-0.2, 0) is 16.4 Å². The predicted octanol–water partition coefficient (Wildman–Crippen LogP) is -0.324. The summed E-state index contributed by atoms with van der Waals surface area (Å²) in [4.78, 5) is 1.93. The maximum absolute atomic E-state index is 12.2. The Hall–Kier alpha value is -0.535. The van der Waals surface area contributed by atoms with Crippen molar-refractivity contribution in [2.75, 3.05) is 23.8 Å². The third kappa shape index (κ3) is 4.01. The molecular formula is C13H20BNO4S2. The Morgan fingerprint density at radius 3 is 2.76 bits per heavy atom. The molecule has 1 aliphatic rings. The lowest BCUT2D eigenvalue weighted by atomic mass is 9.77. The Kier molecular flexibility index (Phi) is 5.73. The number of nitrogens with zero attached hydrogens (tertiary/aromatic N) is 1. The molecule has 8 heteroatoms. The van der Waals surface area contributed by atoms with Gasteiger partial charge in [0.15, 0.2) is 9.84 Å². The van der Waals surface area contributed by atoms with Gasteiger partial charge >= 0.3 is 7.12 Å². The molecule has 0 aromatic heterocycles. The summed E-state index contributed by atoms with van der Waals surface area (Å²) in [6.45, 7) is 2.76. The van der Waals surface area contributed by atoms with Crippen LogP contribution in [0.15, 0.2) is 24.3 Å². The SMILES string of the molecule is CCS(=O)(=O)C1CSCCN1Cc1ccccc1B(O)O. The standard InChI is InChI=1S/C13H20BNO4S2/c1-2-21(18,19)13-10-20-8-7-15(13)9-11-5-3-4-6-12(11)14(16)17/h3-6,13,16-17H,2,7-10H2,1H3. The number of hydrogen-bond donors (Lipinski definition) is 2. The average Bonchev–Trinajstić information content (AvgIpc) is 2.48. The van der Waals surface area contributed by atoms with Crippen LogP contribution in [0.2, 0.25) is 0 Å². The fourth-order valence-corrected chi connectivity index (χ4v) is 5.55. The minimum atomic E-state index is -3.14. The van der Waals surface area contributed by atoms with E-state index in [1.165, 1.54) is 0 Å². The van der Waals surface area contributed by atoms with E-state index in [1.807, 2.05) is 17.0 Å². The van der Waals surface area contributed by atoms with Gasteiger partial charge in [-0.1, -0.05) is 31.2 Å². The van der Waals surface area contributed by atoms with E-state index < -0.39 is 22.3 Å². The van der Waals surface area contributed by atoms with E-state index in [0.717, 1.165) is 11.3 Å². The van der Waals surface area contributed by atoms with E-state index in [0.29, 0.717) is 24.3 Å². The Bertz CT molecular complexity index is 579. The maximum Gasteiger partial charge on any atom is 0.488 e. The molecule has 5 nitrogen and oxygen atoms in total. The lowest BCUT2D eigenvalue weighted by Gasteiger charge is -2.35. The molecular weight excluding hydrogens is 309 g/mol. The second-order valence-electron chi connectivity index (χ2n) is 5.02. The highest BCUT2D eigenvalue weighted by Gasteiger charge is 2.33. The van der Waals surface area contributed by atoms with Crippen molar-refractivity contribution in [2.45, 2.75) is 18.8 Å². The summed E-state index contributed by atoms with van der Waals surface area (Å²) in [5, 5.41) is 18.3. The van der Waals surface area contributed by atoms with Crippen molar-refractivity contribution < 1.29 is 18.5 Å². The van der Waals surface area contributed by atoms with E-state index in [1.54, 1.807) is 30.8 Å². The largest absolute Gasteiger partial charge is 0.488 e. The minimum Gasteiger partial charge on any atom is -0.423 e. The fourth-order valence-electron chi connectivity index (χ4n) is 2.47. The minimum absolute atomic E-state index is 0.124. The highest BCUT2D eigenvalue weighted by Crippen LogP contribution is 2.23. The van der Waals surface area contributed by atoms with Crippen LogP contribution in [0.25, 0.3) is 0 Å². The lowest BCUT2D eigenvalue weighted by molar-refractivity contribution is 0.262. The summed E-state index contributed by atoms with van der Waals surface area (Å²) < 4.78 is 24.4. The molecule has 0 radical (unpaired) electrons. The highest BCUT2D eigenvalue weighted by atomic mass is 32.2. The van der Waals surface area contributed by atoms with Gasteiger partial charge in [0.2, 0.25) is 0 Å². The molecule has 0 spiro atoms. The van der Waals surface area contributed by atoms with Gasteiger partial charge in [-0.3, -0.25) is 4.90 Å². The average molecular weight is 329 g/mol. The molecule has 1 aromatic carbocycles. The molecule has 1 fully saturated rings. The molecule has 2 rings (SSSR count). The summed E-state index contributed by atoms with van der Waals surface area (Å²) in [7, 11) is -4.68. The number of rotatable bonds is 5. The van der Waals surface area contributed by atoms with Crippen LogP contribution in [0.4, 0.5) is 0 Å². The molecule has 1 atom stereocenters. The molecule has 1 saturated heterocycles. The Labute approximate surface area is 130 Å². The van der Waals surface area contributed by atoms with Gasteiger partial charge in [-0.15, -0.1) is 0 Å². The van der Waals surface area contributed by atoms with Crippen molar-refractivity contribution in [3.63, 3.8) is 0 Å². The van der Waals surface area contributed by atoms with Crippen LogP contribution < -0.4 is 5.46 Å². The quantitative estimate of drug-likeness (QED) is 0.721. The van der Waals surface area contributed by atoms with Crippen molar-refractivity contribution >= 4 is 34.2 Å². The predicted molar refractivity (Wildman–Crippen MR) is 87.3 cm³/mol. The Morgan fingerprint density at radius 2 is 2.10 bits per heavy atom. The number of hydrogen-bond acceptors (Lipinski definition) is 6. The van der Waals surface area contributed by atoms with Crippen LogP contribution in [0, 0.1) is 0 Å². The molecule has 1 heterocycles. The highest BCUT2D eigenvalue weighted by molar-refractivity contribution is 8.01. The first-order valence-corrected chi connectivity index (χ1v) is 9.80. The summed E-state index contributed by atoms with van der Waals surface area (Å²) >= 11 is 1.65. The normalized spacial score (nSPS) is 20.4. The van der Waals surface area contributed by atoms with Gasteiger partial charge in [0, 0.05) is 30.3 Å². The van der Waals surface area contributed by atoms with Gasteiger partial charge in [-0.25, -0.2) is 8.42 Å². The fraction of sp³-hybridized carbons (Fsp3) is 0.538. The zero-order valence-corrected chi connectivity index (χ0v) is 13.6. The summed E-state index contributed by atoms with van der Waals surface area (Å²) in [6.07, 6.45) is 0. The summed E-state index contributed by atoms with van der Waals surface area (Å²) in [5.74, 6) is 1.58. The van der Waals surface area contributed by atoms with Crippen molar-refractivity contribution in [1.82, 2.24) is 4.90 Å². The third-order valence-electron chi connectivity index (χ3n) is 3.71. The summed E-state index contributed by atoms with van der Waals surface area (Å²) in [6, 6.07) is 7.03. The van der Waals surface area contributed by atoms with Crippen molar-refractivity contribution in [1.29, 1.82) is 0 Å². The first-order valence-electron chi connectivity index (χ1n) is 6.93. The van der Waals surface area contributed by atoms with Crippen LogP contribution in [-0.4, -0.2) is 59.7 Å². The molecule has 0 aliphatic carbocycles. The number of sulfone groups is 1. The molecule has 1 aromatic rings. The van der Waals surface area contributed by atoms with Gasteiger partial charge < -0.3 is 10.0 Å². The van der Waals surface area contributed by atoms with Crippen molar-refractivity contribution in [3.05, 3.63) is 29.8 Å². The van der Waals surface area contributed by atoms with Gasteiger partial charge in [0.25, 0.3) is 0 Å². The molecule has 0 amide bonds. The maximum atomic E-state index is 12.2. The summed E-state index contributed by atoms with van der Waals surface area (Å²) in [5.41, 5.74) is 1.19. The van der Waals surface area contributed by atoms with Crippen molar-refractivity contribution in [2.24, 2.45) is 0 Å². The topological polar surface area (TPSA) is 77.8 Å². The van der Waals surface area contributed by atoms with E-state index in [2.05, 4.69) is 0 Å². The molecule has 21 heavy (non-hydrogen) atoms. The monoisotopic (exact) mass is 329 g/mol. The molecule has 116 valence electrons. The van der Waals surface area contributed by atoms with Crippen molar-refractivity contribution in [3.8, 4) is 0 Å². The number of thioether (sulfide) groups is 1. The van der Waals surface area contributed by atoms with E-state index in [9.17, 15) is 18.5 Å². The zero-order chi connectivity index (χ0) is 15.5. The van der Waals surface area contributed by atoms with Gasteiger partial charge in [0.05, 0.1) is 0 Å². The van der Waals surface area contributed by atoms with Crippen LogP contribution in [0.3, 0.4) is 0 Å². The lowest BCUT2D eigenvalue weighted by Crippen LogP contribution is -2.48. The Morgan fingerprint density at radius 1 is 1.38 bits per heavy atom. The van der Waals surface area contributed by atoms with Crippen LogP contribution in [0.1, 0.15) is 12.5 Å². The van der Waals surface area contributed by atoms with E-state index in [-0.39, 0.29) is 5.75 Å². The first-order chi connectivity index (χ1) is 9.95. The van der Waals surface area contributed by atoms with Crippen LogP contribution in [0.5, 0.6) is 0 Å². The zero-order valence-electron chi connectivity index (χ0n) is 12.0. The molecule has 1 unspecified atom stereocenters. The number of benzene rings is 1. The van der Waals surface area contributed by atoms with E-state index in [4.69, 9.17) is 0 Å².